The average Bonchev–Trinajstić information content (AvgIpc) is 3.38. The molecule has 0 bridgehead atoms. The van der Waals surface area contributed by atoms with Crippen molar-refractivity contribution in [1.29, 1.82) is 0 Å². The summed E-state index contributed by atoms with van der Waals surface area (Å²) in [7, 11) is 0. The minimum atomic E-state index is -1.47. The Morgan fingerprint density at radius 1 is 0.875 bits per heavy atom. The van der Waals surface area contributed by atoms with Crippen LogP contribution in [-0.4, -0.2) is 92.4 Å². The Bertz CT molecular complexity index is 1060. The summed E-state index contributed by atoms with van der Waals surface area (Å²) >= 11 is 0. The number of rotatable bonds is 19. The minimum Gasteiger partial charge on any atom is -0.481 e. The zero-order valence-electron chi connectivity index (χ0n) is 21.7. The summed E-state index contributed by atoms with van der Waals surface area (Å²) in [5.41, 5.74) is 21.9. The SMILES string of the molecule is NC(=O)CCC(NC(=O)C(Cc1cnc[nH]1)NC(=O)C(CCCN=C(N)N)NC(=O)C(N)CCC(=O)O)C(=O)O. The van der Waals surface area contributed by atoms with E-state index >= 15 is 0 Å². The van der Waals surface area contributed by atoms with Crippen LogP contribution in [0.4, 0.5) is 0 Å². The zero-order valence-corrected chi connectivity index (χ0v) is 21.7. The number of nitrogens with one attached hydrogen (secondary N) is 4. The number of amides is 4. The highest BCUT2D eigenvalue weighted by molar-refractivity contribution is 5.94. The van der Waals surface area contributed by atoms with Gasteiger partial charge < -0.3 is 54.1 Å². The molecule has 0 aliphatic heterocycles. The third kappa shape index (κ3) is 13.2. The number of aromatic nitrogens is 2. The third-order valence-corrected chi connectivity index (χ3v) is 5.49. The summed E-state index contributed by atoms with van der Waals surface area (Å²) in [5, 5.41) is 25.5. The number of carbonyl (C=O) groups excluding carboxylic acids is 4. The number of aromatic amines is 1. The van der Waals surface area contributed by atoms with Gasteiger partial charge >= 0.3 is 11.9 Å². The number of aliphatic carboxylic acids is 2. The van der Waals surface area contributed by atoms with E-state index in [4.69, 9.17) is 28.0 Å². The number of carboxylic acid groups (broad SMARTS) is 2. The van der Waals surface area contributed by atoms with Crippen LogP contribution in [0.15, 0.2) is 17.5 Å². The molecular weight excluding hydrogens is 532 g/mol. The lowest BCUT2D eigenvalue weighted by molar-refractivity contribution is -0.142. The molecule has 1 aromatic rings. The lowest BCUT2D eigenvalue weighted by Gasteiger charge is -2.25. The molecule has 0 radical (unpaired) electrons. The fourth-order valence-corrected chi connectivity index (χ4v) is 3.38. The molecule has 0 aliphatic rings. The van der Waals surface area contributed by atoms with E-state index in [-0.39, 0.29) is 57.5 Å². The molecule has 0 fully saturated rings. The maximum Gasteiger partial charge on any atom is 0.326 e. The highest BCUT2D eigenvalue weighted by Gasteiger charge is 2.31. The van der Waals surface area contributed by atoms with Crippen molar-refractivity contribution < 1.29 is 39.0 Å². The van der Waals surface area contributed by atoms with Gasteiger partial charge in [0, 0.05) is 37.7 Å². The van der Waals surface area contributed by atoms with Gasteiger partial charge in [-0.2, -0.15) is 0 Å². The Kier molecular flexibility index (Phi) is 14.1. The summed E-state index contributed by atoms with van der Waals surface area (Å²) < 4.78 is 0. The number of carbonyl (C=O) groups is 6. The first kappa shape index (κ1) is 33.3. The highest BCUT2D eigenvalue weighted by atomic mass is 16.4. The molecule has 222 valence electrons. The van der Waals surface area contributed by atoms with Gasteiger partial charge in [-0.3, -0.25) is 29.0 Å². The molecular formula is C22H36N10O8. The molecule has 18 heteroatoms. The number of imidazole rings is 1. The molecule has 4 amide bonds. The van der Waals surface area contributed by atoms with Crippen molar-refractivity contribution in [3.63, 3.8) is 0 Å². The lowest BCUT2D eigenvalue weighted by atomic mass is 10.1. The maximum atomic E-state index is 13.2. The quantitative estimate of drug-likeness (QED) is 0.0433. The molecule has 1 heterocycles. The molecule has 40 heavy (non-hydrogen) atoms. The average molecular weight is 569 g/mol. The van der Waals surface area contributed by atoms with E-state index in [1.54, 1.807) is 0 Å². The molecule has 0 aliphatic carbocycles. The van der Waals surface area contributed by atoms with Crippen molar-refractivity contribution in [3.8, 4) is 0 Å². The summed E-state index contributed by atoms with van der Waals surface area (Å²) in [5.74, 6) is -6.00. The Balaban J connectivity index is 3.10. The number of aliphatic imine (C=N–C) groups is 1. The topological polar surface area (TPSA) is 324 Å². The Labute approximate surface area is 228 Å². The molecule has 0 saturated heterocycles. The van der Waals surface area contributed by atoms with Crippen molar-refractivity contribution >= 4 is 41.5 Å². The predicted octanol–water partition coefficient (Wildman–Crippen LogP) is -4.00. The minimum absolute atomic E-state index is 0.00869. The van der Waals surface area contributed by atoms with Crippen LogP contribution in [0.5, 0.6) is 0 Å². The Hall–Kier alpha value is -4.74. The lowest BCUT2D eigenvalue weighted by Crippen LogP contribution is -2.57. The largest absolute Gasteiger partial charge is 0.481 e. The van der Waals surface area contributed by atoms with Crippen LogP contribution in [0.2, 0.25) is 0 Å². The predicted molar refractivity (Wildman–Crippen MR) is 139 cm³/mol. The number of carboxylic acids is 2. The number of guanidine groups is 1. The molecule has 18 nitrogen and oxygen atoms in total. The van der Waals surface area contributed by atoms with E-state index in [9.17, 15) is 33.9 Å². The van der Waals surface area contributed by atoms with Crippen LogP contribution in [-0.2, 0) is 35.2 Å². The molecule has 0 saturated carbocycles. The second-order valence-corrected chi connectivity index (χ2v) is 8.80. The van der Waals surface area contributed by atoms with Gasteiger partial charge in [0.25, 0.3) is 0 Å². The number of nitrogens with two attached hydrogens (primary N) is 4. The fraction of sp³-hybridized carbons (Fsp3) is 0.545. The summed E-state index contributed by atoms with van der Waals surface area (Å²) in [4.78, 5) is 82.8. The van der Waals surface area contributed by atoms with Crippen LogP contribution >= 0.6 is 0 Å². The van der Waals surface area contributed by atoms with Gasteiger partial charge in [-0.05, 0) is 25.7 Å². The van der Waals surface area contributed by atoms with Gasteiger partial charge in [0.05, 0.1) is 12.4 Å². The monoisotopic (exact) mass is 568 g/mol. The fourth-order valence-electron chi connectivity index (χ4n) is 3.38. The van der Waals surface area contributed by atoms with Crippen molar-refractivity contribution in [2.75, 3.05) is 6.54 Å². The van der Waals surface area contributed by atoms with E-state index in [0.717, 1.165) is 0 Å². The van der Waals surface area contributed by atoms with E-state index in [1.807, 2.05) is 0 Å². The first-order valence-electron chi connectivity index (χ1n) is 12.2. The molecule has 0 spiro atoms. The zero-order chi connectivity index (χ0) is 30.2. The van der Waals surface area contributed by atoms with Crippen LogP contribution in [0.25, 0.3) is 0 Å². The summed E-state index contributed by atoms with van der Waals surface area (Å²) in [6, 6.07) is -5.26. The Morgan fingerprint density at radius 2 is 1.50 bits per heavy atom. The molecule has 0 aromatic carbocycles. The van der Waals surface area contributed by atoms with Crippen molar-refractivity contribution in [1.82, 2.24) is 25.9 Å². The van der Waals surface area contributed by atoms with Crippen LogP contribution < -0.4 is 38.9 Å². The second-order valence-electron chi connectivity index (χ2n) is 8.80. The first-order chi connectivity index (χ1) is 18.8. The summed E-state index contributed by atoms with van der Waals surface area (Å²) in [6.45, 7) is 0.116. The highest BCUT2D eigenvalue weighted by Crippen LogP contribution is 2.06. The van der Waals surface area contributed by atoms with Crippen molar-refractivity contribution in [3.05, 3.63) is 18.2 Å². The van der Waals surface area contributed by atoms with E-state index in [0.29, 0.717) is 5.69 Å². The molecule has 14 N–H and O–H groups in total. The first-order valence-corrected chi connectivity index (χ1v) is 12.2. The van der Waals surface area contributed by atoms with Crippen molar-refractivity contribution in [2.24, 2.45) is 27.9 Å². The number of H-pyrrole nitrogens is 1. The van der Waals surface area contributed by atoms with Crippen LogP contribution in [0.1, 0.15) is 44.2 Å². The van der Waals surface area contributed by atoms with Gasteiger partial charge in [0.15, 0.2) is 5.96 Å². The maximum absolute atomic E-state index is 13.2. The van der Waals surface area contributed by atoms with Crippen LogP contribution in [0, 0.1) is 0 Å². The number of hydrogen-bond acceptors (Lipinski definition) is 9. The number of primary amides is 1. The van der Waals surface area contributed by atoms with Gasteiger partial charge in [0.2, 0.25) is 23.6 Å². The molecule has 4 atom stereocenters. The van der Waals surface area contributed by atoms with Gasteiger partial charge in [0.1, 0.15) is 18.1 Å². The Morgan fingerprint density at radius 3 is 2.05 bits per heavy atom. The van der Waals surface area contributed by atoms with Gasteiger partial charge in [-0.1, -0.05) is 0 Å². The standard InChI is InChI=1S/C22H36N10O8/c23-12(3-6-17(34)35)18(36)30-13(2-1-7-28-22(25)26)19(37)32-15(8-11-9-27-10-29-11)20(38)31-14(21(39)40)4-5-16(24)33/h9-10,12-15H,1-8,23H2,(H2,24,33)(H,27,29)(H,30,36)(H,31,38)(H,32,37)(H,34,35)(H,39,40)(H4,25,26,28). The van der Waals surface area contributed by atoms with Gasteiger partial charge in [-0.15, -0.1) is 0 Å². The molecule has 4 unspecified atom stereocenters. The number of nitrogens with zero attached hydrogens (tertiary/aromatic N) is 2. The number of hydrogen-bond donors (Lipinski definition) is 10. The normalized spacial score (nSPS) is 13.6. The van der Waals surface area contributed by atoms with E-state index in [1.165, 1.54) is 12.5 Å². The molecule has 1 rings (SSSR count). The third-order valence-electron chi connectivity index (χ3n) is 5.49. The summed E-state index contributed by atoms with van der Waals surface area (Å²) in [6.07, 6.45) is 1.70. The van der Waals surface area contributed by atoms with E-state index in [2.05, 4.69) is 30.9 Å². The van der Waals surface area contributed by atoms with Crippen molar-refractivity contribution in [2.45, 2.75) is 69.1 Å². The smallest absolute Gasteiger partial charge is 0.326 e. The van der Waals surface area contributed by atoms with Crippen LogP contribution in [0.3, 0.4) is 0 Å². The second kappa shape index (κ2) is 17.0. The van der Waals surface area contributed by atoms with E-state index < -0.39 is 59.7 Å². The van der Waals surface area contributed by atoms with Gasteiger partial charge in [-0.25, -0.2) is 9.78 Å². The molecule has 1 aromatic heterocycles.